The molecule has 0 atom stereocenters. The molecule has 2 heterocycles. The minimum absolute atomic E-state index is 0. The molecular formula is C17H25Cl2N3O2. The number of hydrogen-bond donors (Lipinski definition) is 2. The molecule has 2 N–H and O–H groups in total. The quantitative estimate of drug-likeness (QED) is 0.863. The van der Waals surface area contributed by atoms with E-state index in [-0.39, 0.29) is 30.4 Å². The molecule has 2 aromatic rings. The Morgan fingerprint density at radius 2 is 2.00 bits per heavy atom. The molecular weight excluding hydrogens is 349 g/mol. The van der Waals surface area contributed by atoms with Gasteiger partial charge in [-0.05, 0) is 51.6 Å². The lowest BCUT2D eigenvalue weighted by Crippen LogP contribution is -2.22. The number of nitrogens with zero attached hydrogens (tertiary/aromatic N) is 1. The lowest BCUT2D eigenvalue weighted by Gasteiger charge is -2.22. The van der Waals surface area contributed by atoms with Crippen molar-refractivity contribution in [2.75, 3.05) is 32.6 Å². The van der Waals surface area contributed by atoms with Crippen molar-refractivity contribution in [2.45, 2.75) is 26.3 Å². The van der Waals surface area contributed by atoms with Crippen LogP contribution in [-0.4, -0.2) is 37.1 Å². The maximum absolute atomic E-state index is 12.3. The Hall–Kier alpha value is -1.43. The number of anilines is 1. The Balaban J connectivity index is 0.00000144. The van der Waals surface area contributed by atoms with E-state index in [1.807, 2.05) is 21.0 Å². The maximum atomic E-state index is 12.3. The summed E-state index contributed by atoms with van der Waals surface area (Å²) in [5, 5.41) is 4.39. The number of rotatable bonds is 4. The summed E-state index contributed by atoms with van der Waals surface area (Å²) in [4.78, 5) is 17.5. The number of nitrogens with one attached hydrogen (secondary N) is 2. The largest absolute Gasteiger partial charge is 0.493 e. The van der Waals surface area contributed by atoms with Gasteiger partial charge in [-0.1, -0.05) is 0 Å². The number of aromatic amines is 1. The summed E-state index contributed by atoms with van der Waals surface area (Å²) >= 11 is 0. The Labute approximate surface area is 154 Å². The molecule has 24 heavy (non-hydrogen) atoms. The smallest absolute Gasteiger partial charge is 0.253 e. The third kappa shape index (κ3) is 3.97. The number of benzene rings is 1. The summed E-state index contributed by atoms with van der Waals surface area (Å²) < 4.78 is 5.87. The highest BCUT2D eigenvalue weighted by atomic mass is 35.5. The van der Waals surface area contributed by atoms with E-state index in [4.69, 9.17) is 4.74 Å². The fourth-order valence-corrected chi connectivity index (χ4v) is 3.13. The predicted octanol–water partition coefficient (Wildman–Crippen LogP) is 3.19. The number of aromatic nitrogens is 1. The summed E-state index contributed by atoms with van der Waals surface area (Å²) in [6, 6.07) is 4.14. The minimum atomic E-state index is 0. The fraction of sp³-hybridized carbons (Fsp3) is 0.471. The van der Waals surface area contributed by atoms with Gasteiger partial charge in [-0.3, -0.25) is 4.79 Å². The van der Waals surface area contributed by atoms with Crippen LogP contribution in [-0.2, 0) is 13.0 Å². The number of pyridine rings is 1. The van der Waals surface area contributed by atoms with Gasteiger partial charge in [0.2, 0.25) is 0 Å². The van der Waals surface area contributed by atoms with E-state index in [9.17, 15) is 4.79 Å². The molecule has 1 aliphatic heterocycles. The van der Waals surface area contributed by atoms with E-state index in [0.29, 0.717) is 6.61 Å². The van der Waals surface area contributed by atoms with Crippen molar-refractivity contribution in [3.63, 3.8) is 0 Å². The zero-order valence-electron chi connectivity index (χ0n) is 14.3. The van der Waals surface area contributed by atoms with E-state index in [1.54, 1.807) is 0 Å². The van der Waals surface area contributed by atoms with Gasteiger partial charge in [0.15, 0.2) is 0 Å². The molecule has 134 valence electrons. The molecule has 1 aliphatic rings. The van der Waals surface area contributed by atoms with Gasteiger partial charge in [-0.15, -0.1) is 24.8 Å². The van der Waals surface area contributed by atoms with Crippen molar-refractivity contribution in [2.24, 2.45) is 0 Å². The Bertz CT molecular complexity index is 760. The minimum Gasteiger partial charge on any atom is -0.493 e. The molecule has 0 aliphatic carbocycles. The van der Waals surface area contributed by atoms with E-state index in [0.717, 1.165) is 59.4 Å². The van der Waals surface area contributed by atoms with Crippen molar-refractivity contribution < 1.29 is 4.74 Å². The highest BCUT2D eigenvalue weighted by molar-refractivity contribution is 5.98. The standard InChI is InChI=1S/C17H23N3O2.2ClH/c1-4-22-14-9-11(10-20(2)3)8-13-15(14)16-12(17(21)19-13)6-5-7-18-16;;/h8-9,18H,4-7,10H2,1-3H3,(H,19,21);2*1H. The van der Waals surface area contributed by atoms with Gasteiger partial charge in [-0.2, -0.15) is 0 Å². The summed E-state index contributed by atoms with van der Waals surface area (Å²) in [6.07, 6.45) is 1.81. The zero-order chi connectivity index (χ0) is 15.7. The van der Waals surface area contributed by atoms with Crippen LogP contribution in [0, 0.1) is 0 Å². The lowest BCUT2D eigenvalue weighted by molar-refractivity contribution is 0.342. The molecule has 0 saturated carbocycles. The molecule has 0 radical (unpaired) electrons. The third-order valence-corrected chi connectivity index (χ3v) is 3.94. The summed E-state index contributed by atoms with van der Waals surface area (Å²) in [7, 11) is 4.06. The Morgan fingerprint density at radius 3 is 2.67 bits per heavy atom. The number of hydrogen-bond acceptors (Lipinski definition) is 4. The van der Waals surface area contributed by atoms with Crippen molar-refractivity contribution in [3.05, 3.63) is 33.6 Å². The van der Waals surface area contributed by atoms with Gasteiger partial charge in [0, 0.05) is 18.7 Å². The van der Waals surface area contributed by atoms with E-state index < -0.39 is 0 Å². The molecule has 0 spiro atoms. The van der Waals surface area contributed by atoms with Gasteiger partial charge in [-0.25, -0.2) is 0 Å². The van der Waals surface area contributed by atoms with Crippen molar-refractivity contribution in [1.29, 1.82) is 0 Å². The molecule has 7 heteroatoms. The van der Waals surface area contributed by atoms with Crippen LogP contribution >= 0.6 is 24.8 Å². The zero-order valence-corrected chi connectivity index (χ0v) is 15.9. The first kappa shape index (κ1) is 20.6. The highest BCUT2D eigenvalue weighted by Gasteiger charge is 2.19. The van der Waals surface area contributed by atoms with Crippen LogP contribution in [0.5, 0.6) is 5.75 Å². The van der Waals surface area contributed by atoms with Gasteiger partial charge >= 0.3 is 0 Å². The summed E-state index contributed by atoms with van der Waals surface area (Å²) in [5.74, 6) is 0.846. The molecule has 0 bridgehead atoms. The van der Waals surface area contributed by atoms with Gasteiger partial charge in [0.1, 0.15) is 5.75 Å². The van der Waals surface area contributed by atoms with Crippen LogP contribution in [0.3, 0.4) is 0 Å². The topological polar surface area (TPSA) is 57.4 Å². The van der Waals surface area contributed by atoms with Crippen molar-refractivity contribution in [1.82, 2.24) is 9.88 Å². The second kappa shape index (κ2) is 8.60. The number of halogens is 2. The normalized spacial score (nSPS) is 12.8. The first-order valence-corrected chi connectivity index (χ1v) is 7.83. The first-order chi connectivity index (χ1) is 10.6. The fourth-order valence-electron chi connectivity index (χ4n) is 3.13. The SMILES string of the molecule is CCOc1cc(CN(C)C)cc2[nH]c(=O)c3c(c12)NCCC3.Cl.Cl. The van der Waals surface area contributed by atoms with Crippen LogP contribution in [0.1, 0.15) is 24.5 Å². The average molecular weight is 374 g/mol. The molecule has 0 amide bonds. The number of H-pyrrole nitrogens is 1. The second-order valence-corrected chi connectivity index (χ2v) is 6.03. The van der Waals surface area contributed by atoms with Crippen LogP contribution in [0.15, 0.2) is 16.9 Å². The molecule has 1 aromatic heterocycles. The molecule has 0 fully saturated rings. The summed E-state index contributed by atoms with van der Waals surface area (Å²) in [5.41, 5.74) is 3.79. The average Bonchev–Trinajstić information content (AvgIpc) is 2.46. The molecule has 0 unspecified atom stereocenters. The van der Waals surface area contributed by atoms with E-state index >= 15 is 0 Å². The Kier molecular flexibility index (Phi) is 7.39. The monoisotopic (exact) mass is 373 g/mol. The van der Waals surface area contributed by atoms with Crippen LogP contribution < -0.4 is 15.6 Å². The van der Waals surface area contributed by atoms with Crippen LogP contribution in [0.25, 0.3) is 10.9 Å². The Morgan fingerprint density at radius 1 is 1.25 bits per heavy atom. The summed E-state index contributed by atoms with van der Waals surface area (Å²) in [6.45, 7) is 4.30. The predicted molar refractivity (Wildman–Crippen MR) is 104 cm³/mol. The maximum Gasteiger partial charge on any atom is 0.253 e. The number of fused-ring (bicyclic) bond motifs is 3. The van der Waals surface area contributed by atoms with Gasteiger partial charge in [0.25, 0.3) is 5.56 Å². The number of ether oxygens (including phenoxy) is 1. The first-order valence-electron chi connectivity index (χ1n) is 7.83. The van der Waals surface area contributed by atoms with E-state index in [1.165, 1.54) is 0 Å². The molecule has 5 nitrogen and oxygen atoms in total. The molecule has 3 rings (SSSR count). The van der Waals surface area contributed by atoms with Gasteiger partial charge < -0.3 is 19.9 Å². The van der Waals surface area contributed by atoms with Crippen molar-refractivity contribution in [3.8, 4) is 5.75 Å². The van der Waals surface area contributed by atoms with E-state index in [2.05, 4.69) is 27.3 Å². The molecule has 0 saturated heterocycles. The molecule has 1 aromatic carbocycles. The third-order valence-electron chi connectivity index (χ3n) is 3.94. The van der Waals surface area contributed by atoms with Gasteiger partial charge in [0.05, 0.1) is 23.2 Å². The van der Waals surface area contributed by atoms with Crippen molar-refractivity contribution >= 4 is 41.4 Å². The highest BCUT2D eigenvalue weighted by Crippen LogP contribution is 2.35. The van der Waals surface area contributed by atoms with Crippen LogP contribution in [0.2, 0.25) is 0 Å². The lowest BCUT2D eigenvalue weighted by atomic mass is 9.99. The van der Waals surface area contributed by atoms with Crippen LogP contribution in [0.4, 0.5) is 5.69 Å². The second-order valence-electron chi connectivity index (χ2n) is 6.03.